The lowest BCUT2D eigenvalue weighted by molar-refractivity contribution is 0.557. The molecule has 0 aliphatic heterocycles. The number of benzene rings is 1. The molecule has 0 amide bonds. The summed E-state index contributed by atoms with van der Waals surface area (Å²) in [7, 11) is -3.68. The molecule has 132 valence electrons. The van der Waals surface area contributed by atoms with E-state index in [4.69, 9.17) is 0 Å². The first-order valence-electron chi connectivity index (χ1n) is 7.95. The van der Waals surface area contributed by atoms with Crippen molar-refractivity contribution in [3.8, 4) is 0 Å². The molecule has 1 heterocycles. The van der Waals surface area contributed by atoms with Gasteiger partial charge < -0.3 is 0 Å². The van der Waals surface area contributed by atoms with Crippen molar-refractivity contribution in [3.05, 3.63) is 40.5 Å². The molecule has 2 rings (SSSR count). The monoisotopic (exact) mass is 350 g/mol. The molecule has 2 aromatic rings. The molecule has 0 aliphatic carbocycles. The highest BCUT2D eigenvalue weighted by molar-refractivity contribution is 7.89. The third kappa shape index (κ3) is 3.84. The highest BCUT2D eigenvalue weighted by Gasteiger charge is 2.25. The normalized spacial score (nSPS) is 14.0. The second-order valence-corrected chi connectivity index (χ2v) is 8.97. The predicted octanol–water partition coefficient (Wildman–Crippen LogP) is 3.07. The van der Waals surface area contributed by atoms with E-state index in [1.807, 2.05) is 13.8 Å². The number of nitrogens with one attached hydrogen (secondary N) is 2. The van der Waals surface area contributed by atoms with Crippen molar-refractivity contribution in [1.82, 2.24) is 19.9 Å². The second-order valence-electron chi connectivity index (χ2n) is 7.29. The van der Waals surface area contributed by atoms with Gasteiger partial charge in [-0.15, -0.1) is 0 Å². The van der Waals surface area contributed by atoms with Crippen LogP contribution < -0.4 is 4.72 Å². The first-order valence-corrected chi connectivity index (χ1v) is 9.43. The highest BCUT2D eigenvalue weighted by atomic mass is 32.2. The quantitative estimate of drug-likeness (QED) is 0.887. The Hall–Kier alpha value is -1.73. The lowest BCUT2D eigenvalue weighted by atomic mass is 9.85. The Bertz CT molecular complexity index is 848. The minimum Gasteiger partial charge on any atom is -0.263 e. The van der Waals surface area contributed by atoms with Gasteiger partial charge in [-0.25, -0.2) is 18.1 Å². The largest absolute Gasteiger partial charge is 0.263 e. The van der Waals surface area contributed by atoms with E-state index in [9.17, 15) is 8.42 Å². The Morgan fingerprint density at radius 1 is 1.17 bits per heavy atom. The number of rotatable bonds is 4. The third-order valence-electron chi connectivity index (χ3n) is 4.11. The maximum absolute atomic E-state index is 12.9. The van der Waals surface area contributed by atoms with Crippen molar-refractivity contribution >= 4 is 10.0 Å². The Kier molecular flexibility index (Phi) is 4.88. The van der Waals surface area contributed by atoms with E-state index in [0.717, 1.165) is 16.7 Å². The van der Waals surface area contributed by atoms with Crippen LogP contribution in [-0.2, 0) is 15.4 Å². The molecule has 0 radical (unpaired) electrons. The van der Waals surface area contributed by atoms with Crippen LogP contribution in [0.3, 0.4) is 0 Å². The molecule has 0 fully saturated rings. The van der Waals surface area contributed by atoms with Gasteiger partial charge in [-0.1, -0.05) is 26.8 Å². The second kappa shape index (κ2) is 6.29. The molecule has 24 heavy (non-hydrogen) atoms. The Balaban J connectivity index is 2.43. The summed E-state index contributed by atoms with van der Waals surface area (Å²) in [6.07, 6.45) is 0. The van der Waals surface area contributed by atoms with Crippen molar-refractivity contribution in [2.45, 2.75) is 64.8 Å². The van der Waals surface area contributed by atoms with Crippen LogP contribution in [0.15, 0.2) is 17.0 Å². The molecule has 6 nitrogen and oxygen atoms in total. The molecule has 7 heteroatoms. The van der Waals surface area contributed by atoms with Gasteiger partial charge in [0.05, 0.1) is 10.9 Å². The van der Waals surface area contributed by atoms with Crippen LogP contribution in [0.5, 0.6) is 0 Å². The standard InChI is InChI=1S/C17H26N4O2S/c1-10-8-14(17(5,6)7)9-15(11(10)2)24(22,23)21-12(3)16-18-13(4)19-20-16/h8-9,12,21H,1-7H3,(H,18,19,20)/t12-/m1/s1. The van der Waals surface area contributed by atoms with Crippen LogP contribution in [0, 0.1) is 20.8 Å². The summed E-state index contributed by atoms with van der Waals surface area (Å²) in [5.41, 5.74) is 2.58. The van der Waals surface area contributed by atoms with Gasteiger partial charge in [0.25, 0.3) is 0 Å². The smallest absolute Gasteiger partial charge is 0.241 e. The van der Waals surface area contributed by atoms with E-state index >= 15 is 0 Å². The lowest BCUT2D eigenvalue weighted by Gasteiger charge is -2.23. The number of H-pyrrole nitrogens is 1. The van der Waals surface area contributed by atoms with E-state index < -0.39 is 16.1 Å². The van der Waals surface area contributed by atoms with Crippen LogP contribution in [0.1, 0.15) is 62.1 Å². The summed E-state index contributed by atoms with van der Waals surface area (Å²) in [6.45, 7) is 13.5. The van der Waals surface area contributed by atoms with Crippen LogP contribution >= 0.6 is 0 Å². The summed E-state index contributed by atoms with van der Waals surface area (Å²) in [5, 5.41) is 6.76. The van der Waals surface area contributed by atoms with Crippen molar-refractivity contribution in [2.24, 2.45) is 0 Å². The molecule has 0 saturated carbocycles. The van der Waals surface area contributed by atoms with E-state index in [1.54, 1.807) is 19.9 Å². The molecule has 0 spiro atoms. The predicted molar refractivity (Wildman–Crippen MR) is 94.5 cm³/mol. The van der Waals surface area contributed by atoms with E-state index in [2.05, 4.69) is 46.7 Å². The zero-order chi connectivity index (χ0) is 18.3. The minimum atomic E-state index is -3.68. The summed E-state index contributed by atoms with van der Waals surface area (Å²) in [4.78, 5) is 4.50. The molecule has 0 bridgehead atoms. The highest BCUT2D eigenvalue weighted by Crippen LogP contribution is 2.29. The van der Waals surface area contributed by atoms with Crippen LogP contribution in [-0.4, -0.2) is 23.6 Å². The van der Waals surface area contributed by atoms with E-state index in [-0.39, 0.29) is 5.41 Å². The van der Waals surface area contributed by atoms with Gasteiger partial charge in [-0.3, -0.25) is 5.10 Å². The fraction of sp³-hybridized carbons (Fsp3) is 0.529. The zero-order valence-electron chi connectivity index (χ0n) is 15.4. The van der Waals surface area contributed by atoms with Gasteiger partial charge in [0.1, 0.15) is 5.82 Å². The van der Waals surface area contributed by atoms with Gasteiger partial charge in [0.2, 0.25) is 10.0 Å². The Morgan fingerprint density at radius 2 is 1.79 bits per heavy atom. The van der Waals surface area contributed by atoms with E-state index in [1.165, 1.54) is 0 Å². The minimum absolute atomic E-state index is 0.130. The fourth-order valence-electron chi connectivity index (χ4n) is 2.44. The molecular formula is C17H26N4O2S. The maximum Gasteiger partial charge on any atom is 0.241 e. The lowest BCUT2D eigenvalue weighted by Crippen LogP contribution is -2.29. The molecule has 1 aromatic heterocycles. The number of nitrogens with zero attached hydrogens (tertiary/aromatic N) is 2. The molecule has 2 N–H and O–H groups in total. The first kappa shape index (κ1) is 18.6. The Morgan fingerprint density at radius 3 is 2.29 bits per heavy atom. The Labute approximate surface area is 144 Å². The van der Waals surface area contributed by atoms with Gasteiger partial charge >= 0.3 is 0 Å². The van der Waals surface area contributed by atoms with Gasteiger partial charge in [-0.05, 0) is 55.9 Å². The first-order chi connectivity index (χ1) is 10.9. The van der Waals surface area contributed by atoms with Crippen LogP contribution in [0.25, 0.3) is 0 Å². The summed E-state index contributed by atoms with van der Waals surface area (Å²) < 4.78 is 28.5. The number of aryl methyl sites for hydroxylation is 2. The zero-order valence-corrected chi connectivity index (χ0v) is 16.2. The van der Waals surface area contributed by atoms with Crippen molar-refractivity contribution < 1.29 is 8.42 Å². The molecule has 1 atom stereocenters. The third-order valence-corrected chi connectivity index (χ3v) is 5.78. The molecule has 0 aliphatic rings. The fourth-order valence-corrected chi connectivity index (χ4v) is 3.99. The van der Waals surface area contributed by atoms with Gasteiger partial charge in [0, 0.05) is 0 Å². The summed E-state index contributed by atoms with van der Waals surface area (Å²) in [5.74, 6) is 1.08. The molecule has 0 unspecified atom stereocenters. The van der Waals surface area contributed by atoms with Crippen molar-refractivity contribution in [3.63, 3.8) is 0 Å². The van der Waals surface area contributed by atoms with Gasteiger partial charge in [0.15, 0.2) is 5.82 Å². The van der Waals surface area contributed by atoms with Gasteiger partial charge in [-0.2, -0.15) is 5.10 Å². The number of aromatic nitrogens is 3. The van der Waals surface area contributed by atoms with Crippen LogP contribution in [0.2, 0.25) is 0 Å². The van der Waals surface area contributed by atoms with Crippen molar-refractivity contribution in [1.29, 1.82) is 0 Å². The number of hydrogen-bond donors (Lipinski definition) is 2. The van der Waals surface area contributed by atoms with Crippen molar-refractivity contribution in [2.75, 3.05) is 0 Å². The average Bonchev–Trinajstić information content (AvgIpc) is 2.86. The molecular weight excluding hydrogens is 324 g/mol. The molecule has 1 aromatic carbocycles. The number of aromatic amines is 1. The summed E-state index contributed by atoms with van der Waals surface area (Å²) >= 11 is 0. The average molecular weight is 350 g/mol. The van der Waals surface area contributed by atoms with Crippen LogP contribution in [0.4, 0.5) is 0 Å². The topological polar surface area (TPSA) is 87.7 Å². The number of sulfonamides is 1. The molecule has 0 saturated heterocycles. The number of hydrogen-bond acceptors (Lipinski definition) is 4. The maximum atomic E-state index is 12.9. The summed E-state index contributed by atoms with van der Waals surface area (Å²) in [6, 6.07) is 3.30. The van der Waals surface area contributed by atoms with E-state index in [0.29, 0.717) is 16.5 Å². The SMILES string of the molecule is Cc1nc([C@@H](C)NS(=O)(=O)c2cc(C(C)(C)C)cc(C)c2C)n[nH]1.